The van der Waals surface area contributed by atoms with Gasteiger partial charge in [-0.1, -0.05) is 280 Å². The van der Waals surface area contributed by atoms with E-state index in [1.165, 1.54) is 128 Å². The van der Waals surface area contributed by atoms with Gasteiger partial charge in [0, 0.05) is 25.7 Å². The first-order valence-corrected chi connectivity index (χ1v) is 38.2. The molecule has 0 saturated carbocycles. The molecule has 0 radical (unpaired) electrons. The Balaban J connectivity index is 5.26. The number of carbonyl (C=O) groups is 4. The molecule has 0 fully saturated rings. The van der Waals surface area contributed by atoms with Crippen molar-refractivity contribution in [3.8, 4) is 0 Å². The van der Waals surface area contributed by atoms with E-state index in [9.17, 15) is 43.2 Å². The predicted molar refractivity (Wildman–Crippen MR) is 349 cm³/mol. The SMILES string of the molecule is CCC(C)CCCCCCCCCCC(=O)OC[C@H](COP(=O)(O)OC[C@@H](O)COP(=O)(O)OC[C@@H](COC(=O)CCCCCCCCC(C)C)OC(=O)CCCCCCCCCCCC(C)C)OC(=O)CCCCCCCCCCCCCC(C)C. The normalized spacial score (nSPS) is 14.6. The first-order chi connectivity index (χ1) is 41.6. The van der Waals surface area contributed by atoms with E-state index in [2.05, 4.69) is 55.4 Å². The van der Waals surface area contributed by atoms with Gasteiger partial charge in [-0.2, -0.15) is 0 Å². The predicted octanol–water partition coefficient (Wildman–Crippen LogP) is 18.9. The fraction of sp³-hybridized carbons (Fsp3) is 0.941. The molecule has 0 aliphatic heterocycles. The van der Waals surface area contributed by atoms with Crippen LogP contribution in [0.15, 0.2) is 0 Å². The summed E-state index contributed by atoms with van der Waals surface area (Å²) in [6.45, 7) is 14.0. The molecule has 0 aromatic heterocycles. The first kappa shape index (κ1) is 85.1. The van der Waals surface area contributed by atoms with E-state index in [-0.39, 0.29) is 25.7 Å². The maximum atomic E-state index is 13.0. The Morgan fingerprint density at radius 3 is 0.816 bits per heavy atom. The summed E-state index contributed by atoms with van der Waals surface area (Å²) in [5.41, 5.74) is 0. The molecule has 3 N–H and O–H groups in total. The third-order valence-corrected chi connectivity index (χ3v) is 17.8. The Morgan fingerprint density at radius 1 is 0.322 bits per heavy atom. The molecular formula is C68H132O17P2. The van der Waals surface area contributed by atoms with Gasteiger partial charge in [0.2, 0.25) is 0 Å². The van der Waals surface area contributed by atoms with Crippen LogP contribution in [0.25, 0.3) is 0 Å². The lowest BCUT2D eigenvalue weighted by atomic mass is 9.99. The number of esters is 4. The average molecular weight is 1280 g/mol. The summed E-state index contributed by atoms with van der Waals surface area (Å²) >= 11 is 0. The lowest BCUT2D eigenvalue weighted by molar-refractivity contribution is -0.161. The van der Waals surface area contributed by atoms with Crippen LogP contribution in [-0.2, 0) is 65.4 Å². The molecule has 0 bridgehead atoms. The van der Waals surface area contributed by atoms with Crippen molar-refractivity contribution in [3.63, 3.8) is 0 Å². The molecule has 0 aromatic rings. The fourth-order valence-corrected chi connectivity index (χ4v) is 11.7. The zero-order valence-electron chi connectivity index (χ0n) is 56.6. The average Bonchev–Trinajstić information content (AvgIpc) is 3.69. The number of ether oxygens (including phenoxy) is 4. The molecule has 17 nitrogen and oxygen atoms in total. The molecule has 516 valence electrons. The number of phosphoric acid groups is 2. The molecule has 0 aliphatic rings. The zero-order chi connectivity index (χ0) is 64.7. The summed E-state index contributed by atoms with van der Waals surface area (Å²) in [5.74, 6) is 0.824. The Hall–Kier alpha value is -1.94. The van der Waals surface area contributed by atoms with E-state index in [0.29, 0.717) is 31.6 Å². The first-order valence-electron chi connectivity index (χ1n) is 35.2. The molecule has 3 unspecified atom stereocenters. The van der Waals surface area contributed by atoms with Crippen LogP contribution < -0.4 is 0 Å². The third kappa shape index (κ3) is 61.3. The highest BCUT2D eigenvalue weighted by Crippen LogP contribution is 2.45. The molecule has 0 rings (SSSR count). The Bertz CT molecular complexity index is 1730. The van der Waals surface area contributed by atoms with Gasteiger partial charge in [0.25, 0.3) is 0 Å². The Labute approximate surface area is 530 Å². The fourth-order valence-electron chi connectivity index (χ4n) is 10.1. The largest absolute Gasteiger partial charge is 0.472 e. The molecule has 0 spiro atoms. The van der Waals surface area contributed by atoms with Gasteiger partial charge in [-0.15, -0.1) is 0 Å². The second-order valence-electron chi connectivity index (χ2n) is 26.2. The number of aliphatic hydroxyl groups is 1. The van der Waals surface area contributed by atoms with Gasteiger partial charge in [-0.3, -0.25) is 37.3 Å². The summed E-state index contributed by atoms with van der Waals surface area (Å²) in [6, 6.07) is 0. The lowest BCUT2D eigenvalue weighted by Crippen LogP contribution is -2.30. The third-order valence-electron chi connectivity index (χ3n) is 15.9. The molecule has 0 saturated heterocycles. The highest BCUT2D eigenvalue weighted by Gasteiger charge is 2.30. The van der Waals surface area contributed by atoms with Crippen LogP contribution >= 0.6 is 15.6 Å². The van der Waals surface area contributed by atoms with Crippen LogP contribution in [0.4, 0.5) is 0 Å². The Morgan fingerprint density at radius 2 is 0.552 bits per heavy atom. The van der Waals surface area contributed by atoms with E-state index in [1.807, 2.05) is 0 Å². The van der Waals surface area contributed by atoms with Crippen molar-refractivity contribution in [1.82, 2.24) is 0 Å². The number of aliphatic hydroxyl groups excluding tert-OH is 1. The molecule has 0 aliphatic carbocycles. The summed E-state index contributed by atoms with van der Waals surface area (Å²) in [5, 5.41) is 10.6. The molecule has 87 heavy (non-hydrogen) atoms. The van der Waals surface area contributed by atoms with E-state index < -0.39 is 97.5 Å². The highest BCUT2D eigenvalue weighted by molar-refractivity contribution is 7.47. The minimum absolute atomic E-state index is 0.104. The van der Waals surface area contributed by atoms with Crippen molar-refractivity contribution in [3.05, 3.63) is 0 Å². The molecule has 0 heterocycles. The van der Waals surface area contributed by atoms with Crippen molar-refractivity contribution >= 4 is 39.5 Å². The highest BCUT2D eigenvalue weighted by atomic mass is 31.2. The van der Waals surface area contributed by atoms with Gasteiger partial charge in [0.15, 0.2) is 12.2 Å². The number of rotatable bonds is 65. The second kappa shape index (κ2) is 57.9. The smallest absolute Gasteiger partial charge is 0.462 e. The van der Waals surface area contributed by atoms with Crippen molar-refractivity contribution in [2.24, 2.45) is 23.7 Å². The van der Waals surface area contributed by atoms with E-state index in [4.69, 9.17) is 37.0 Å². The van der Waals surface area contributed by atoms with Gasteiger partial charge < -0.3 is 33.8 Å². The van der Waals surface area contributed by atoms with Gasteiger partial charge >= 0.3 is 39.5 Å². The van der Waals surface area contributed by atoms with Crippen LogP contribution in [0.5, 0.6) is 0 Å². The van der Waals surface area contributed by atoms with Crippen LogP contribution in [0.3, 0.4) is 0 Å². The number of carbonyl (C=O) groups excluding carboxylic acids is 4. The van der Waals surface area contributed by atoms with Crippen molar-refractivity contribution < 1.29 is 80.2 Å². The van der Waals surface area contributed by atoms with Crippen molar-refractivity contribution in [2.75, 3.05) is 39.6 Å². The molecule has 0 amide bonds. The van der Waals surface area contributed by atoms with E-state index in [1.54, 1.807) is 0 Å². The zero-order valence-corrected chi connectivity index (χ0v) is 58.4. The maximum Gasteiger partial charge on any atom is 0.472 e. The summed E-state index contributed by atoms with van der Waals surface area (Å²) < 4.78 is 68.2. The van der Waals surface area contributed by atoms with Gasteiger partial charge in [-0.25, -0.2) is 9.13 Å². The second-order valence-corrected chi connectivity index (χ2v) is 29.1. The number of hydrogen-bond donors (Lipinski definition) is 3. The molecule has 6 atom stereocenters. The van der Waals surface area contributed by atoms with Crippen LogP contribution in [0.1, 0.15) is 331 Å². The molecular weight excluding hydrogens is 1150 g/mol. The standard InChI is InChI=1S/C68H132O17P2/c1-9-61(8)47-39-31-22-18-19-23-32-40-48-65(70)78-54-63(84-67(72)50-42-34-24-16-12-10-11-14-20-28-36-44-58(2)3)56-82-86(74,75)80-52-62(69)53-81-87(76,77)83-57-64(55-79-66(71)49-41-33-27-26-30-38-46-60(6)7)85-68(73)51-43-35-25-17-13-15-21-29-37-45-59(4)5/h58-64,69H,9-57H2,1-8H3,(H,74,75)(H,76,77)/t61?,62-,63-,64-/m1/s1. The summed E-state index contributed by atoms with van der Waals surface area (Å²) in [6.07, 6.45) is 39.0. The van der Waals surface area contributed by atoms with Crippen LogP contribution in [-0.4, -0.2) is 96.7 Å². The minimum Gasteiger partial charge on any atom is -0.462 e. The van der Waals surface area contributed by atoms with Gasteiger partial charge in [0.1, 0.15) is 19.3 Å². The summed E-state index contributed by atoms with van der Waals surface area (Å²) in [4.78, 5) is 72.4. The Kier molecular flexibility index (Phi) is 56.6. The maximum absolute atomic E-state index is 13.0. The van der Waals surface area contributed by atoms with E-state index in [0.717, 1.165) is 114 Å². The minimum atomic E-state index is -4.95. The van der Waals surface area contributed by atoms with Gasteiger partial charge in [-0.05, 0) is 49.4 Å². The van der Waals surface area contributed by atoms with E-state index >= 15 is 0 Å². The van der Waals surface area contributed by atoms with Crippen molar-refractivity contribution in [2.45, 2.75) is 350 Å². The van der Waals surface area contributed by atoms with Crippen molar-refractivity contribution in [1.29, 1.82) is 0 Å². The van der Waals surface area contributed by atoms with Gasteiger partial charge in [0.05, 0.1) is 26.4 Å². The number of phosphoric ester groups is 2. The lowest BCUT2D eigenvalue weighted by Gasteiger charge is -2.21. The number of unbranched alkanes of at least 4 members (excludes halogenated alkanes) is 30. The quantitative estimate of drug-likeness (QED) is 0.0222. The molecule has 0 aromatic carbocycles. The van der Waals surface area contributed by atoms with Crippen LogP contribution in [0, 0.1) is 23.7 Å². The monoisotopic (exact) mass is 1280 g/mol. The number of hydrogen-bond acceptors (Lipinski definition) is 15. The molecule has 19 heteroatoms. The summed E-state index contributed by atoms with van der Waals surface area (Å²) in [7, 11) is -9.90. The van der Waals surface area contributed by atoms with Crippen LogP contribution in [0.2, 0.25) is 0 Å². The topological polar surface area (TPSA) is 237 Å².